The van der Waals surface area contributed by atoms with Crippen molar-refractivity contribution in [3.63, 3.8) is 0 Å². The lowest BCUT2D eigenvalue weighted by molar-refractivity contribution is 0.0938. The summed E-state index contributed by atoms with van der Waals surface area (Å²) in [4.78, 5) is 11.6. The van der Waals surface area contributed by atoms with E-state index in [0.717, 1.165) is 0 Å². The molecule has 0 heterocycles. The van der Waals surface area contributed by atoms with Gasteiger partial charge in [0.15, 0.2) is 17.4 Å². The fraction of sp³-hybridized carbons (Fsp3) is 0.333. The molecule has 0 aromatic heterocycles. The monoisotopic (exact) mass is 272 g/mol. The van der Waals surface area contributed by atoms with Gasteiger partial charge in [0.2, 0.25) is 5.82 Å². The standard InChI is InChI=1S/C12H11F3N2O2/c1-2-3-6(5-16)17-12(19)7-4-8(13)10(15)11(18)9(7)14/h4,6,18H,2-3H2,1H3,(H,17,19). The second kappa shape index (κ2) is 6.09. The summed E-state index contributed by atoms with van der Waals surface area (Å²) in [6.07, 6.45) is 0.934. The van der Waals surface area contributed by atoms with Crippen LogP contribution in [0.4, 0.5) is 13.2 Å². The van der Waals surface area contributed by atoms with Crippen molar-refractivity contribution in [2.45, 2.75) is 25.8 Å². The molecule has 0 saturated heterocycles. The topological polar surface area (TPSA) is 73.1 Å². The summed E-state index contributed by atoms with van der Waals surface area (Å²) in [5.41, 5.74) is -0.854. The number of hydrogen-bond donors (Lipinski definition) is 2. The maximum Gasteiger partial charge on any atom is 0.255 e. The largest absolute Gasteiger partial charge is 0.503 e. The van der Waals surface area contributed by atoms with E-state index < -0.39 is 40.7 Å². The lowest BCUT2D eigenvalue weighted by atomic mass is 10.1. The number of nitrogens with zero attached hydrogens (tertiary/aromatic N) is 1. The van der Waals surface area contributed by atoms with Crippen LogP contribution in [0.1, 0.15) is 30.1 Å². The molecule has 0 aliphatic rings. The van der Waals surface area contributed by atoms with Crippen LogP contribution < -0.4 is 5.32 Å². The van der Waals surface area contributed by atoms with Crippen molar-refractivity contribution in [3.05, 3.63) is 29.1 Å². The summed E-state index contributed by atoms with van der Waals surface area (Å²) in [6.45, 7) is 1.78. The normalized spacial score (nSPS) is 11.7. The van der Waals surface area contributed by atoms with Gasteiger partial charge in [-0.2, -0.15) is 9.65 Å². The van der Waals surface area contributed by atoms with E-state index in [1.54, 1.807) is 13.0 Å². The van der Waals surface area contributed by atoms with Crippen LogP contribution in [0.3, 0.4) is 0 Å². The van der Waals surface area contributed by atoms with Gasteiger partial charge >= 0.3 is 0 Å². The lowest BCUT2D eigenvalue weighted by Gasteiger charge is -2.11. The molecule has 0 spiro atoms. The van der Waals surface area contributed by atoms with Gasteiger partial charge in [-0.1, -0.05) is 13.3 Å². The maximum absolute atomic E-state index is 13.4. The molecular weight excluding hydrogens is 261 g/mol. The van der Waals surface area contributed by atoms with E-state index in [9.17, 15) is 18.0 Å². The third-order valence-corrected chi connectivity index (χ3v) is 2.42. The van der Waals surface area contributed by atoms with Gasteiger partial charge in [0.05, 0.1) is 11.6 Å². The summed E-state index contributed by atoms with van der Waals surface area (Å²) in [7, 11) is 0. The zero-order chi connectivity index (χ0) is 14.6. The Hall–Kier alpha value is -2.23. The Labute approximate surface area is 107 Å². The van der Waals surface area contributed by atoms with Crippen LogP contribution in [0.5, 0.6) is 5.75 Å². The van der Waals surface area contributed by atoms with E-state index >= 15 is 0 Å². The van der Waals surface area contributed by atoms with Crippen LogP contribution >= 0.6 is 0 Å². The van der Waals surface area contributed by atoms with Crippen LogP contribution in [0.25, 0.3) is 0 Å². The number of nitrogens with one attached hydrogen (secondary N) is 1. The van der Waals surface area contributed by atoms with E-state index in [1.165, 1.54) is 0 Å². The zero-order valence-electron chi connectivity index (χ0n) is 10.0. The molecule has 1 amide bonds. The highest BCUT2D eigenvalue weighted by atomic mass is 19.2. The Bertz CT molecular complexity index is 541. The third kappa shape index (κ3) is 3.16. The minimum absolute atomic E-state index is 0.333. The Kier molecular flexibility index (Phi) is 4.75. The first-order valence-corrected chi connectivity index (χ1v) is 5.49. The number of halogens is 3. The third-order valence-electron chi connectivity index (χ3n) is 2.42. The lowest BCUT2D eigenvalue weighted by Crippen LogP contribution is -2.34. The number of carbonyl (C=O) groups is 1. The number of aromatic hydroxyl groups is 1. The number of rotatable bonds is 4. The molecule has 7 heteroatoms. The van der Waals surface area contributed by atoms with Crippen LogP contribution in [-0.2, 0) is 0 Å². The molecule has 0 aliphatic heterocycles. The molecule has 19 heavy (non-hydrogen) atoms. The highest BCUT2D eigenvalue weighted by Gasteiger charge is 2.23. The Morgan fingerprint density at radius 1 is 1.47 bits per heavy atom. The minimum atomic E-state index is -1.76. The molecule has 1 atom stereocenters. The van der Waals surface area contributed by atoms with E-state index in [2.05, 4.69) is 5.32 Å². The maximum atomic E-state index is 13.4. The Morgan fingerprint density at radius 2 is 2.11 bits per heavy atom. The van der Waals surface area contributed by atoms with Crippen molar-refractivity contribution < 1.29 is 23.1 Å². The van der Waals surface area contributed by atoms with E-state index in [-0.39, 0.29) is 0 Å². The van der Waals surface area contributed by atoms with Crippen molar-refractivity contribution in [1.82, 2.24) is 5.32 Å². The quantitative estimate of drug-likeness (QED) is 0.825. The van der Waals surface area contributed by atoms with E-state index in [4.69, 9.17) is 10.4 Å². The van der Waals surface area contributed by atoms with Gasteiger partial charge in [-0.25, -0.2) is 8.78 Å². The molecule has 1 aromatic carbocycles. The number of phenols is 1. The molecule has 0 fully saturated rings. The molecule has 2 N–H and O–H groups in total. The molecule has 0 aliphatic carbocycles. The highest BCUT2D eigenvalue weighted by Crippen LogP contribution is 2.25. The molecule has 1 aromatic rings. The van der Waals surface area contributed by atoms with Crippen LogP contribution in [0.2, 0.25) is 0 Å². The van der Waals surface area contributed by atoms with Crippen molar-refractivity contribution in [2.24, 2.45) is 0 Å². The number of phenolic OH excluding ortho intramolecular Hbond substituents is 1. The van der Waals surface area contributed by atoms with Crippen LogP contribution in [0.15, 0.2) is 6.07 Å². The average molecular weight is 272 g/mol. The minimum Gasteiger partial charge on any atom is -0.503 e. The number of carbonyl (C=O) groups excluding carboxylic acids is 1. The summed E-state index contributed by atoms with van der Waals surface area (Å²) < 4.78 is 39.3. The number of nitriles is 1. The van der Waals surface area contributed by atoms with Crippen molar-refractivity contribution >= 4 is 5.91 Å². The Balaban J connectivity index is 3.04. The highest BCUT2D eigenvalue weighted by molar-refractivity contribution is 5.95. The predicted molar refractivity (Wildman–Crippen MR) is 59.8 cm³/mol. The number of hydrogen-bond acceptors (Lipinski definition) is 3. The van der Waals surface area contributed by atoms with Crippen molar-refractivity contribution in [3.8, 4) is 11.8 Å². The summed E-state index contributed by atoms with van der Waals surface area (Å²) in [6, 6.07) is 1.24. The van der Waals surface area contributed by atoms with Crippen molar-refractivity contribution in [2.75, 3.05) is 0 Å². The zero-order valence-corrected chi connectivity index (χ0v) is 10.0. The Morgan fingerprint density at radius 3 is 2.63 bits per heavy atom. The second-order valence-corrected chi connectivity index (χ2v) is 3.83. The van der Waals surface area contributed by atoms with Gasteiger partial charge in [0.1, 0.15) is 6.04 Å². The van der Waals surface area contributed by atoms with E-state index in [1.807, 2.05) is 0 Å². The first-order chi connectivity index (χ1) is 8.92. The van der Waals surface area contributed by atoms with Gasteiger partial charge in [0, 0.05) is 0 Å². The molecule has 1 unspecified atom stereocenters. The second-order valence-electron chi connectivity index (χ2n) is 3.83. The predicted octanol–water partition coefficient (Wildman–Crippen LogP) is 2.23. The fourth-order valence-electron chi connectivity index (χ4n) is 1.45. The molecule has 0 radical (unpaired) electrons. The summed E-state index contributed by atoms with van der Waals surface area (Å²) >= 11 is 0. The smallest absolute Gasteiger partial charge is 0.255 e. The van der Waals surface area contributed by atoms with Gasteiger partial charge in [-0.05, 0) is 12.5 Å². The molecule has 0 bridgehead atoms. The summed E-state index contributed by atoms with van der Waals surface area (Å²) in [5, 5.41) is 19.9. The van der Waals surface area contributed by atoms with Gasteiger partial charge in [-0.3, -0.25) is 4.79 Å². The van der Waals surface area contributed by atoms with Gasteiger partial charge in [-0.15, -0.1) is 0 Å². The average Bonchev–Trinajstić information content (AvgIpc) is 2.39. The first kappa shape index (κ1) is 14.8. The van der Waals surface area contributed by atoms with Crippen LogP contribution in [-0.4, -0.2) is 17.1 Å². The number of benzene rings is 1. The molecular formula is C12H11F3N2O2. The van der Waals surface area contributed by atoms with Crippen molar-refractivity contribution in [1.29, 1.82) is 5.26 Å². The molecule has 4 nitrogen and oxygen atoms in total. The molecule has 102 valence electrons. The number of amides is 1. The van der Waals surface area contributed by atoms with Gasteiger partial charge < -0.3 is 10.4 Å². The molecule has 1 rings (SSSR count). The SMILES string of the molecule is CCCC(C#N)NC(=O)c1cc(F)c(F)c(O)c1F. The van der Waals surface area contributed by atoms with Crippen LogP contribution in [0, 0.1) is 28.8 Å². The van der Waals surface area contributed by atoms with Gasteiger partial charge in [0.25, 0.3) is 5.91 Å². The fourth-order valence-corrected chi connectivity index (χ4v) is 1.45. The summed E-state index contributed by atoms with van der Waals surface area (Å²) in [5.74, 6) is -7.53. The van der Waals surface area contributed by atoms with E-state index in [0.29, 0.717) is 18.9 Å². The first-order valence-electron chi connectivity index (χ1n) is 5.49. The molecule has 0 saturated carbocycles.